The number of hydrogen-bond acceptors (Lipinski definition) is 5. The van der Waals surface area contributed by atoms with Crippen LogP contribution in [0.2, 0.25) is 0 Å². The minimum atomic E-state index is 0. The lowest BCUT2D eigenvalue weighted by molar-refractivity contribution is -0.127. The third-order valence-electron chi connectivity index (χ3n) is 3.97. The molecular formula is C19H28IN5O2S. The summed E-state index contributed by atoms with van der Waals surface area (Å²) in [6.45, 7) is 1.48. The van der Waals surface area contributed by atoms with Gasteiger partial charge in [-0.1, -0.05) is 12.1 Å². The number of halogens is 1. The number of amides is 1. The maximum absolute atomic E-state index is 11.9. The van der Waals surface area contributed by atoms with Gasteiger partial charge in [0.1, 0.15) is 5.75 Å². The van der Waals surface area contributed by atoms with Crippen LogP contribution in [0.5, 0.6) is 5.75 Å². The van der Waals surface area contributed by atoms with Crippen molar-refractivity contribution in [2.24, 2.45) is 4.99 Å². The Bertz CT molecular complexity index is 735. The van der Waals surface area contributed by atoms with E-state index in [1.807, 2.05) is 47.8 Å². The second-order valence-corrected chi connectivity index (χ2v) is 7.21. The molecule has 7 nitrogen and oxygen atoms in total. The molecule has 0 aliphatic rings. The van der Waals surface area contributed by atoms with Crippen LogP contribution in [0.25, 0.3) is 0 Å². The van der Waals surface area contributed by atoms with Crippen LogP contribution in [0.3, 0.4) is 0 Å². The molecule has 0 bridgehead atoms. The normalized spacial score (nSPS) is 10.8. The molecule has 0 spiro atoms. The fourth-order valence-electron chi connectivity index (χ4n) is 2.27. The molecule has 1 N–H and O–H groups in total. The Balaban J connectivity index is 0.00000392. The standard InChI is InChI=1S/C19H27N5O2S.HI/c1-23(2)18(25)14-22-19(24(3)11-9-17-20-10-12-27-17)21-13-15-5-7-16(26-4)8-6-15;/h5-8,10,12H,9,11,13-14H2,1-4H3,(H,21,22);1H. The first-order valence-corrected chi connectivity index (χ1v) is 9.58. The lowest BCUT2D eigenvalue weighted by Crippen LogP contribution is -2.44. The van der Waals surface area contributed by atoms with Gasteiger partial charge in [-0.15, -0.1) is 35.3 Å². The van der Waals surface area contributed by atoms with Crippen LogP contribution in [0.15, 0.2) is 40.8 Å². The minimum Gasteiger partial charge on any atom is -0.497 e. The molecule has 0 saturated carbocycles. The summed E-state index contributed by atoms with van der Waals surface area (Å²) in [4.78, 5) is 24.5. The highest BCUT2D eigenvalue weighted by molar-refractivity contribution is 14.0. The molecule has 2 rings (SSSR count). The van der Waals surface area contributed by atoms with E-state index < -0.39 is 0 Å². The fraction of sp³-hybridized carbons (Fsp3) is 0.421. The summed E-state index contributed by atoms with van der Waals surface area (Å²) < 4.78 is 5.18. The highest BCUT2D eigenvalue weighted by Crippen LogP contribution is 2.12. The highest BCUT2D eigenvalue weighted by atomic mass is 127. The number of nitrogens with zero attached hydrogens (tertiary/aromatic N) is 4. The fourth-order valence-corrected chi connectivity index (χ4v) is 2.88. The van der Waals surface area contributed by atoms with Gasteiger partial charge in [-0.3, -0.25) is 4.79 Å². The van der Waals surface area contributed by atoms with Crippen LogP contribution in [0, 0.1) is 0 Å². The Morgan fingerprint density at radius 3 is 2.54 bits per heavy atom. The topological polar surface area (TPSA) is 70.1 Å². The third kappa shape index (κ3) is 8.01. The Kier molecular flexibility index (Phi) is 10.8. The maximum Gasteiger partial charge on any atom is 0.241 e. The van der Waals surface area contributed by atoms with E-state index in [-0.39, 0.29) is 36.4 Å². The molecule has 2 aromatic rings. The average Bonchev–Trinajstić information content (AvgIpc) is 3.19. The van der Waals surface area contributed by atoms with Crippen molar-refractivity contribution in [3.8, 4) is 5.75 Å². The lowest BCUT2D eigenvalue weighted by Gasteiger charge is -2.22. The number of carbonyl (C=O) groups excluding carboxylic acids is 1. The Hall–Kier alpha value is -1.88. The van der Waals surface area contributed by atoms with E-state index in [2.05, 4.69) is 15.3 Å². The molecule has 1 aromatic carbocycles. The van der Waals surface area contributed by atoms with Crippen LogP contribution in [-0.2, 0) is 17.8 Å². The van der Waals surface area contributed by atoms with Gasteiger partial charge in [0, 0.05) is 45.7 Å². The number of aromatic nitrogens is 1. The van der Waals surface area contributed by atoms with Gasteiger partial charge in [-0.05, 0) is 17.7 Å². The number of methoxy groups -OCH3 is 1. The van der Waals surface area contributed by atoms with Gasteiger partial charge in [0.25, 0.3) is 0 Å². The van der Waals surface area contributed by atoms with Crippen molar-refractivity contribution >= 4 is 47.2 Å². The van der Waals surface area contributed by atoms with Crippen LogP contribution < -0.4 is 10.1 Å². The van der Waals surface area contributed by atoms with E-state index in [0.29, 0.717) is 12.5 Å². The first kappa shape index (κ1) is 24.2. The quantitative estimate of drug-likeness (QED) is 0.331. The van der Waals surface area contributed by atoms with E-state index in [0.717, 1.165) is 29.3 Å². The van der Waals surface area contributed by atoms with Crippen molar-refractivity contribution in [1.29, 1.82) is 0 Å². The molecule has 1 heterocycles. The van der Waals surface area contributed by atoms with Crippen molar-refractivity contribution in [2.45, 2.75) is 13.0 Å². The van der Waals surface area contributed by atoms with Crippen molar-refractivity contribution in [1.82, 2.24) is 20.1 Å². The number of carbonyl (C=O) groups is 1. The van der Waals surface area contributed by atoms with Gasteiger partial charge in [0.15, 0.2) is 5.96 Å². The van der Waals surface area contributed by atoms with E-state index in [1.165, 1.54) is 0 Å². The molecule has 0 aliphatic heterocycles. The second kappa shape index (κ2) is 12.6. The van der Waals surface area contributed by atoms with Crippen molar-refractivity contribution in [2.75, 3.05) is 41.3 Å². The Labute approximate surface area is 187 Å². The number of thiazole rings is 1. The summed E-state index contributed by atoms with van der Waals surface area (Å²) in [6, 6.07) is 7.81. The predicted molar refractivity (Wildman–Crippen MR) is 125 cm³/mol. The number of likely N-dealkylation sites (N-methyl/N-ethyl adjacent to an activating group) is 2. The molecular weight excluding hydrogens is 489 g/mol. The maximum atomic E-state index is 11.9. The smallest absolute Gasteiger partial charge is 0.241 e. The third-order valence-corrected chi connectivity index (χ3v) is 4.81. The summed E-state index contributed by atoms with van der Waals surface area (Å²) >= 11 is 1.64. The van der Waals surface area contributed by atoms with Gasteiger partial charge in [0.05, 0.1) is 25.2 Å². The molecule has 1 aromatic heterocycles. The number of hydrogen-bond donors (Lipinski definition) is 1. The number of rotatable bonds is 8. The van der Waals surface area contributed by atoms with Crippen LogP contribution in [-0.4, -0.2) is 68.0 Å². The first-order chi connectivity index (χ1) is 13.0. The van der Waals surface area contributed by atoms with E-state index in [4.69, 9.17) is 4.74 Å². The minimum absolute atomic E-state index is 0. The van der Waals surface area contributed by atoms with E-state index >= 15 is 0 Å². The number of guanidine groups is 1. The molecule has 0 atom stereocenters. The second-order valence-electron chi connectivity index (χ2n) is 6.23. The number of aliphatic imine (C=N–C) groups is 1. The molecule has 0 radical (unpaired) electrons. The molecule has 0 saturated heterocycles. The van der Waals surface area contributed by atoms with Crippen molar-refractivity contribution in [3.63, 3.8) is 0 Å². The zero-order valence-electron chi connectivity index (χ0n) is 16.7. The number of benzene rings is 1. The number of ether oxygens (including phenoxy) is 1. The van der Waals surface area contributed by atoms with Gasteiger partial charge in [0.2, 0.25) is 5.91 Å². The Morgan fingerprint density at radius 2 is 1.96 bits per heavy atom. The highest BCUT2D eigenvalue weighted by Gasteiger charge is 2.11. The van der Waals surface area contributed by atoms with Gasteiger partial charge in [-0.25, -0.2) is 9.98 Å². The van der Waals surface area contributed by atoms with Crippen LogP contribution in [0.4, 0.5) is 0 Å². The molecule has 9 heteroatoms. The van der Waals surface area contributed by atoms with Crippen LogP contribution >= 0.6 is 35.3 Å². The van der Waals surface area contributed by atoms with Crippen molar-refractivity contribution in [3.05, 3.63) is 46.4 Å². The predicted octanol–water partition coefficient (Wildman–Crippen LogP) is 2.48. The van der Waals surface area contributed by atoms with Gasteiger partial charge >= 0.3 is 0 Å². The lowest BCUT2D eigenvalue weighted by atomic mass is 10.2. The summed E-state index contributed by atoms with van der Waals surface area (Å²) in [6.07, 6.45) is 2.64. The summed E-state index contributed by atoms with van der Waals surface area (Å²) in [5.41, 5.74) is 1.07. The summed E-state index contributed by atoms with van der Waals surface area (Å²) in [5.74, 6) is 1.51. The monoisotopic (exact) mass is 517 g/mol. The SMILES string of the molecule is COc1ccc(CN=C(NCC(=O)N(C)C)N(C)CCc2nccs2)cc1.I. The van der Waals surface area contributed by atoms with Crippen LogP contribution in [0.1, 0.15) is 10.6 Å². The van der Waals surface area contributed by atoms with E-state index in [1.54, 1.807) is 37.4 Å². The van der Waals surface area contributed by atoms with Crippen molar-refractivity contribution < 1.29 is 9.53 Å². The summed E-state index contributed by atoms with van der Waals surface area (Å²) in [5, 5.41) is 6.22. The molecule has 0 aliphatic carbocycles. The number of nitrogens with one attached hydrogen (secondary N) is 1. The molecule has 154 valence electrons. The Morgan fingerprint density at radius 1 is 1.25 bits per heavy atom. The molecule has 28 heavy (non-hydrogen) atoms. The largest absolute Gasteiger partial charge is 0.497 e. The average molecular weight is 517 g/mol. The molecule has 0 fully saturated rings. The zero-order valence-corrected chi connectivity index (χ0v) is 19.9. The van der Waals surface area contributed by atoms with E-state index in [9.17, 15) is 4.79 Å². The molecule has 0 unspecified atom stereocenters. The van der Waals surface area contributed by atoms with Gasteiger partial charge < -0.3 is 19.9 Å². The summed E-state index contributed by atoms with van der Waals surface area (Å²) in [7, 11) is 7.09. The first-order valence-electron chi connectivity index (χ1n) is 8.70. The van der Waals surface area contributed by atoms with Gasteiger partial charge in [-0.2, -0.15) is 0 Å². The molecule has 1 amide bonds. The zero-order chi connectivity index (χ0) is 19.6.